The average molecular weight is 293 g/mol. The van der Waals surface area contributed by atoms with E-state index in [0.717, 1.165) is 11.6 Å². The first kappa shape index (κ1) is 16.4. The molecule has 0 radical (unpaired) electrons. The van der Waals surface area contributed by atoms with E-state index in [1.54, 1.807) is 0 Å². The van der Waals surface area contributed by atoms with Gasteiger partial charge in [-0.15, -0.1) is 0 Å². The molecule has 21 heavy (non-hydrogen) atoms. The summed E-state index contributed by atoms with van der Waals surface area (Å²) in [6.07, 6.45) is 0. The van der Waals surface area contributed by atoms with Crippen LogP contribution in [0, 0.1) is 0 Å². The minimum absolute atomic E-state index is 0. The summed E-state index contributed by atoms with van der Waals surface area (Å²) in [7, 11) is 0. The number of carbonyl (C=O) groups is 1. The van der Waals surface area contributed by atoms with Gasteiger partial charge in [0.2, 0.25) is 16.9 Å². The molecule has 0 atom stereocenters. The lowest BCUT2D eigenvalue weighted by molar-refractivity contribution is 0.0655. The Morgan fingerprint density at radius 2 is 1.86 bits per heavy atom. The van der Waals surface area contributed by atoms with Gasteiger partial charge in [-0.1, -0.05) is 30.3 Å². The maximum atomic E-state index is 11.4. The van der Waals surface area contributed by atoms with Crippen LogP contribution in [0.5, 0.6) is 5.75 Å². The third-order valence-corrected chi connectivity index (χ3v) is 2.66. The fourth-order valence-electron chi connectivity index (χ4n) is 1.68. The first-order valence-corrected chi connectivity index (χ1v) is 5.92. The van der Waals surface area contributed by atoms with Crippen molar-refractivity contribution in [2.75, 3.05) is 0 Å². The maximum absolute atomic E-state index is 11.4. The van der Waals surface area contributed by atoms with Crippen molar-refractivity contribution in [2.45, 2.75) is 13.1 Å². The fourth-order valence-corrected chi connectivity index (χ4v) is 1.68. The highest BCUT2D eigenvalue weighted by atomic mass is 16.4. The number of benzene rings is 1. The Labute approximate surface area is 119 Å². The molecule has 2 aromatic rings. The van der Waals surface area contributed by atoms with Gasteiger partial charge in [-0.3, -0.25) is 4.79 Å². The molecule has 0 unspecified atom stereocenters. The quantitative estimate of drug-likeness (QED) is 0.736. The molecule has 1 heterocycles. The Morgan fingerprint density at radius 1 is 1.19 bits per heavy atom. The predicted octanol–water partition coefficient (Wildman–Crippen LogP) is 0.509. The summed E-state index contributed by atoms with van der Waals surface area (Å²) in [5, 5.41) is 21.3. The first-order valence-electron chi connectivity index (χ1n) is 5.92. The summed E-state index contributed by atoms with van der Waals surface area (Å²) in [5.41, 5.74) is 0.244. The second-order valence-electron chi connectivity index (χ2n) is 4.14. The lowest BCUT2D eigenvalue weighted by atomic mass is 10.2. The molecule has 2 rings (SSSR count). The van der Waals surface area contributed by atoms with E-state index in [1.165, 1.54) is 0 Å². The molecular weight excluding hydrogens is 278 g/mol. The lowest BCUT2D eigenvalue weighted by Crippen LogP contribution is -2.16. The van der Waals surface area contributed by atoms with Crippen molar-refractivity contribution in [3.05, 3.63) is 63.7 Å². The Morgan fingerprint density at radius 3 is 2.48 bits per heavy atom. The smallest absolute Gasteiger partial charge is 0.371 e. The van der Waals surface area contributed by atoms with Crippen LogP contribution in [0.25, 0.3) is 0 Å². The summed E-state index contributed by atoms with van der Waals surface area (Å²) >= 11 is 0. The van der Waals surface area contributed by atoms with Gasteiger partial charge in [-0.2, -0.15) is 0 Å². The second-order valence-corrected chi connectivity index (χ2v) is 4.14. The highest BCUT2D eigenvalue weighted by molar-refractivity contribution is 5.84. The SMILES string of the molecule is O.O=C(O)c1cc(=O)c(O)c(CNCc2ccccc2)o1. The number of aromatic hydroxyl groups is 1. The molecular formula is C14H15NO6. The minimum atomic E-state index is -1.36. The molecule has 7 heteroatoms. The van der Waals surface area contributed by atoms with Crippen LogP contribution in [0.3, 0.4) is 0 Å². The van der Waals surface area contributed by atoms with Gasteiger partial charge in [0.05, 0.1) is 6.54 Å². The zero-order valence-electron chi connectivity index (χ0n) is 11.0. The van der Waals surface area contributed by atoms with Crippen molar-refractivity contribution in [3.63, 3.8) is 0 Å². The summed E-state index contributed by atoms with van der Waals surface area (Å²) in [6, 6.07) is 10.2. The van der Waals surface area contributed by atoms with Crippen molar-refractivity contribution in [1.29, 1.82) is 0 Å². The third kappa shape index (κ3) is 4.16. The van der Waals surface area contributed by atoms with E-state index in [1.807, 2.05) is 30.3 Å². The number of carboxylic acids is 1. The van der Waals surface area contributed by atoms with Crippen LogP contribution in [0.2, 0.25) is 0 Å². The molecule has 1 aromatic heterocycles. The molecule has 7 nitrogen and oxygen atoms in total. The van der Waals surface area contributed by atoms with Crippen molar-refractivity contribution in [2.24, 2.45) is 0 Å². The first-order chi connectivity index (χ1) is 9.58. The van der Waals surface area contributed by atoms with E-state index in [9.17, 15) is 14.7 Å². The van der Waals surface area contributed by atoms with Crippen molar-refractivity contribution >= 4 is 5.97 Å². The van der Waals surface area contributed by atoms with Crippen molar-refractivity contribution in [1.82, 2.24) is 5.32 Å². The van der Waals surface area contributed by atoms with E-state index in [4.69, 9.17) is 9.52 Å². The Hall–Kier alpha value is -2.64. The fraction of sp³-hybridized carbons (Fsp3) is 0.143. The van der Waals surface area contributed by atoms with Crippen LogP contribution in [0.1, 0.15) is 21.9 Å². The summed E-state index contributed by atoms with van der Waals surface area (Å²) < 4.78 is 4.98. The molecule has 0 spiro atoms. The molecule has 0 amide bonds. The molecule has 112 valence electrons. The normalized spacial score (nSPS) is 9.90. The monoisotopic (exact) mass is 293 g/mol. The van der Waals surface area contributed by atoms with E-state index < -0.39 is 22.9 Å². The van der Waals surface area contributed by atoms with Gasteiger partial charge in [0.15, 0.2) is 5.76 Å². The van der Waals surface area contributed by atoms with Crippen LogP contribution < -0.4 is 10.7 Å². The van der Waals surface area contributed by atoms with Gasteiger partial charge >= 0.3 is 5.97 Å². The van der Waals surface area contributed by atoms with Gasteiger partial charge < -0.3 is 25.4 Å². The van der Waals surface area contributed by atoms with Crippen LogP contribution in [0.4, 0.5) is 0 Å². The molecule has 5 N–H and O–H groups in total. The standard InChI is InChI=1S/C14H13NO5.H2O/c16-10-6-11(14(18)19)20-12(13(10)17)8-15-7-9-4-2-1-3-5-9;/h1-6,15,17H,7-8H2,(H,18,19);1H2. The summed E-state index contributed by atoms with van der Waals surface area (Å²) in [6.45, 7) is 0.554. The number of aromatic carboxylic acids is 1. The van der Waals surface area contributed by atoms with Crippen molar-refractivity contribution < 1.29 is 24.9 Å². The second kappa shape index (κ2) is 7.22. The zero-order valence-corrected chi connectivity index (χ0v) is 11.0. The molecule has 0 saturated carbocycles. The third-order valence-electron chi connectivity index (χ3n) is 2.66. The van der Waals surface area contributed by atoms with E-state index in [2.05, 4.69) is 5.32 Å². The average Bonchev–Trinajstić information content (AvgIpc) is 2.44. The van der Waals surface area contributed by atoms with E-state index in [0.29, 0.717) is 6.54 Å². The molecule has 0 fully saturated rings. The van der Waals surface area contributed by atoms with Gasteiger partial charge in [0, 0.05) is 12.6 Å². The summed E-state index contributed by atoms with van der Waals surface area (Å²) in [5.74, 6) is -2.52. The van der Waals surface area contributed by atoms with Crippen LogP contribution in [-0.4, -0.2) is 21.7 Å². The molecule has 0 saturated heterocycles. The zero-order chi connectivity index (χ0) is 14.5. The number of hydrogen-bond acceptors (Lipinski definition) is 5. The van der Waals surface area contributed by atoms with Crippen LogP contribution >= 0.6 is 0 Å². The number of rotatable bonds is 5. The topological polar surface area (TPSA) is 131 Å². The highest BCUT2D eigenvalue weighted by Gasteiger charge is 2.14. The Balaban J connectivity index is 0.00000220. The van der Waals surface area contributed by atoms with Gasteiger partial charge in [0.25, 0.3) is 0 Å². The molecule has 0 aliphatic rings. The Bertz CT molecular complexity index is 665. The van der Waals surface area contributed by atoms with Crippen LogP contribution in [0.15, 0.2) is 45.6 Å². The Kier molecular flexibility index (Phi) is 5.65. The molecule has 0 aliphatic heterocycles. The van der Waals surface area contributed by atoms with Gasteiger partial charge in [-0.25, -0.2) is 4.79 Å². The van der Waals surface area contributed by atoms with Gasteiger partial charge in [0.1, 0.15) is 0 Å². The summed E-state index contributed by atoms with van der Waals surface area (Å²) in [4.78, 5) is 22.2. The van der Waals surface area contributed by atoms with Crippen molar-refractivity contribution in [3.8, 4) is 5.75 Å². The number of carboxylic acid groups (broad SMARTS) is 1. The largest absolute Gasteiger partial charge is 0.502 e. The maximum Gasteiger partial charge on any atom is 0.371 e. The minimum Gasteiger partial charge on any atom is -0.502 e. The highest BCUT2D eigenvalue weighted by Crippen LogP contribution is 2.13. The van der Waals surface area contributed by atoms with E-state index in [-0.39, 0.29) is 17.8 Å². The molecule has 0 aliphatic carbocycles. The predicted molar refractivity (Wildman–Crippen MR) is 74.2 cm³/mol. The lowest BCUT2D eigenvalue weighted by Gasteiger charge is -2.06. The number of nitrogens with one attached hydrogen (secondary N) is 1. The van der Waals surface area contributed by atoms with Gasteiger partial charge in [-0.05, 0) is 5.56 Å². The number of hydrogen-bond donors (Lipinski definition) is 3. The van der Waals surface area contributed by atoms with E-state index >= 15 is 0 Å². The van der Waals surface area contributed by atoms with Crippen LogP contribution in [-0.2, 0) is 13.1 Å². The molecule has 1 aromatic carbocycles. The molecule has 0 bridgehead atoms.